The monoisotopic (exact) mass is 474 g/mol. The number of aromatic nitrogens is 2. The normalized spacial score (nSPS) is 15.1. The highest BCUT2D eigenvalue weighted by Crippen LogP contribution is 2.22. The molecule has 0 fully saturated rings. The molecule has 1 aliphatic rings. The largest absolute Gasteiger partial charge is 0.494 e. The Hall–Kier alpha value is -3.41. The minimum atomic E-state index is -0.694. The predicted octanol–water partition coefficient (Wildman–Crippen LogP) is 1.28. The lowest BCUT2D eigenvalue weighted by molar-refractivity contribution is -0.0167. The Kier molecular flexibility index (Phi) is 8.63. The number of oxime groups is 1. The maximum atomic E-state index is 13.6. The molecule has 3 rings (SSSR count). The fourth-order valence-corrected chi connectivity index (χ4v) is 3.15. The van der Waals surface area contributed by atoms with E-state index in [4.69, 9.17) is 24.5 Å². The molecule has 0 saturated carbocycles. The first-order valence-electron chi connectivity index (χ1n) is 10.5. The molecule has 3 N–H and O–H groups in total. The van der Waals surface area contributed by atoms with Gasteiger partial charge in [-0.15, -0.1) is 0 Å². The number of methoxy groups -OCH3 is 1. The van der Waals surface area contributed by atoms with E-state index in [9.17, 15) is 9.18 Å². The summed E-state index contributed by atoms with van der Waals surface area (Å²) in [6.45, 7) is 5.21. The Morgan fingerprint density at radius 1 is 1.32 bits per heavy atom. The Labute approximate surface area is 196 Å². The third-order valence-electron chi connectivity index (χ3n) is 5.07. The molecule has 0 radical (unpaired) electrons. The number of aliphatic hydroxyl groups excluding tert-OH is 2. The van der Waals surface area contributed by atoms with Crippen molar-refractivity contribution in [1.82, 2.24) is 15.3 Å². The Morgan fingerprint density at radius 3 is 2.79 bits per heavy atom. The summed E-state index contributed by atoms with van der Waals surface area (Å²) in [6, 6.07) is 5.86. The van der Waals surface area contributed by atoms with Crippen LogP contribution >= 0.6 is 0 Å². The standard InChI is InChI=1S/C23H27FN4O6/c1-13(12-33-16(10-29)11-30)21-8-19(28-34-21)18-7-20(27-14(2)26-18)23(31)25-9-15-4-5-17(24)22(6-15)32-3/h4-7,16,21,29-30H,1,8-12H2,2-3H3,(H,25,31)/t21-/m1/s1. The SMILES string of the molecule is C=C(COC(CO)CO)[C@H]1CC(c2cc(C(=O)NCc3ccc(F)c(OC)c3)nc(C)n2)=NO1. The lowest BCUT2D eigenvalue weighted by Crippen LogP contribution is -2.26. The quantitative estimate of drug-likeness (QED) is 0.415. The molecule has 10 nitrogen and oxygen atoms in total. The Bertz CT molecular complexity index is 1070. The van der Waals surface area contributed by atoms with Gasteiger partial charge in [-0.1, -0.05) is 17.8 Å². The van der Waals surface area contributed by atoms with Crippen LogP contribution in [-0.4, -0.2) is 70.9 Å². The van der Waals surface area contributed by atoms with Crippen molar-refractivity contribution in [3.8, 4) is 5.75 Å². The van der Waals surface area contributed by atoms with Gasteiger partial charge in [-0.2, -0.15) is 0 Å². The number of aliphatic hydroxyl groups is 2. The van der Waals surface area contributed by atoms with Crippen LogP contribution in [-0.2, 0) is 16.1 Å². The zero-order valence-electron chi connectivity index (χ0n) is 19.0. The summed E-state index contributed by atoms with van der Waals surface area (Å²) in [4.78, 5) is 26.7. The third kappa shape index (κ3) is 6.34. The van der Waals surface area contributed by atoms with E-state index in [0.717, 1.165) is 0 Å². The molecule has 1 atom stereocenters. The average molecular weight is 474 g/mol. The van der Waals surface area contributed by atoms with Crippen LogP contribution in [0.2, 0.25) is 0 Å². The smallest absolute Gasteiger partial charge is 0.270 e. The van der Waals surface area contributed by atoms with Crippen molar-refractivity contribution >= 4 is 11.6 Å². The van der Waals surface area contributed by atoms with Gasteiger partial charge in [0, 0.05) is 13.0 Å². The fraction of sp³-hybridized carbons (Fsp3) is 0.391. The summed E-state index contributed by atoms with van der Waals surface area (Å²) in [5.41, 5.74) is 2.37. The molecule has 34 heavy (non-hydrogen) atoms. The molecule has 0 aliphatic carbocycles. The molecule has 1 amide bonds. The molecule has 0 spiro atoms. The zero-order chi connectivity index (χ0) is 24.7. The van der Waals surface area contributed by atoms with E-state index in [2.05, 4.69) is 27.0 Å². The van der Waals surface area contributed by atoms with Crippen molar-refractivity contribution in [1.29, 1.82) is 0 Å². The van der Waals surface area contributed by atoms with Crippen molar-refractivity contribution in [2.45, 2.75) is 32.1 Å². The van der Waals surface area contributed by atoms with Crippen LogP contribution in [0.1, 0.15) is 34.0 Å². The van der Waals surface area contributed by atoms with E-state index in [1.54, 1.807) is 13.0 Å². The molecule has 0 bridgehead atoms. The first kappa shape index (κ1) is 25.2. The average Bonchev–Trinajstić information content (AvgIpc) is 3.34. The number of hydrogen-bond donors (Lipinski definition) is 3. The van der Waals surface area contributed by atoms with Crippen LogP contribution in [0, 0.1) is 12.7 Å². The van der Waals surface area contributed by atoms with E-state index < -0.39 is 23.9 Å². The van der Waals surface area contributed by atoms with Crippen molar-refractivity contribution < 1.29 is 33.7 Å². The molecular formula is C23H27FN4O6. The van der Waals surface area contributed by atoms with Gasteiger partial charge in [0.15, 0.2) is 17.7 Å². The summed E-state index contributed by atoms with van der Waals surface area (Å²) >= 11 is 0. The molecular weight excluding hydrogens is 447 g/mol. The maximum Gasteiger partial charge on any atom is 0.270 e. The second-order valence-electron chi connectivity index (χ2n) is 7.63. The zero-order valence-corrected chi connectivity index (χ0v) is 19.0. The highest BCUT2D eigenvalue weighted by Gasteiger charge is 2.27. The van der Waals surface area contributed by atoms with Gasteiger partial charge < -0.3 is 29.8 Å². The summed E-state index contributed by atoms with van der Waals surface area (Å²) in [7, 11) is 1.37. The lowest BCUT2D eigenvalue weighted by Gasteiger charge is -2.16. The fourth-order valence-electron chi connectivity index (χ4n) is 3.15. The Morgan fingerprint density at radius 2 is 2.09 bits per heavy atom. The molecule has 182 valence electrons. The number of carbonyl (C=O) groups is 1. The van der Waals surface area contributed by atoms with E-state index >= 15 is 0 Å². The number of benzene rings is 1. The van der Waals surface area contributed by atoms with E-state index in [1.165, 1.54) is 25.3 Å². The number of aryl methyl sites for hydroxylation is 1. The number of nitrogens with zero attached hydrogens (tertiary/aromatic N) is 3. The number of carbonyl (C=O) groups excluding carboxylic acids is 1. The Balaban J connectivity index is 1.62. The molecule has 2 aromatic rings. The van der Waals surface area contributed by atoms with E-state index in [0.29, 0.717) is 34.8 Å². The van der Waals surface area contributed by atoms with Crippen molar-refractivity contribution in [3.05, 3.63) is 65.0 Å². The van der Waals surface area contributed by atoms with Gasteiger partial charge in [-0.3, -0.25) is 4.79 Å². The van der Waals surface area contributed by atoms with Gasteiger partial charge in [0.05, 0.1) is 32.6 Å². The molecule has 11 heteroatoms. The first-order valence-corrected chi connectivity index (χ1v) is 10.5. The lowest BCUT2D eigenvalue weighted by atomic mass is 10.0. The number of nitrogens with one attached hydrogen (secondary N) is 1. The minimum absolute atomic E-state index is 0.0872. The van der Waals surface area contributed by atoms with Crippen molar-refractivity contribution in [2.75, 3.05) is 26.9 Å². The van der Waals surface area contributed by atoms with Crippen molar-refractivity contribution in [3.63, 3.8) is 0 Å². The highest BCUT2D eigenvalue weighted by atomic mass is 19.1. The van der Waals surface area contributed by atoms with Crippen LogP contribution < -0.4 is 10.1 Å². The minimum Gasteiger partial charge on any atom is -0.494 e. The molecule has 2 heterocycles. The summed E-state index contributed by atoms with van der Waals surface area (Å²) in [6.07, 6.45) is -0.799. The highest BCUT2D eigenvalue weighted by molar-refractivity contribution is 6.02. The molecule has 0 unspecified atom stereocenters. The second-order valence-corrected chi connectivity index (χ2v) is 7.63. The van der Waals surface area contributed by atoms with Crippen LogP contribution in [0.15, 0.2) is 41.6 Å². The molecule has 0 saturated heterocycles. The molecule has 1 aliphatic heterocycles. The first-order chi connectivity index (χ1) is 16.3. The van der Waals surface area contributed by atoms with Gasteiger partial charge in [0.25, 0.3) is 5.91 Å². The topological polar surface area (TPSA) is 135 Å². The van der Waals surface area contributed by atoms with Crippen LogP contribution in [0.3, 0.4) is 0 Å². The number of rotatable bonds is 11. The van der Waals surface area contributed by atoms with Gasteiger partial charge in [-0.05, 0) is 36.3 Å². The summed E-state index contributed by atoms with van der Waals surface area (Å²) in [5, 5.41) is 25.0. The number of hydrogen-bond acceptors (Lipinski definition) is 9. The third-order valence-corrected chi connectivity index (χ3v) is 5.07. The predicted molar refractivity (Wildman–Crippen MR) is 120 cm³/mol. The maximum absolute atomic E-state index is 13.6. The summed E-state index contributed by atoms with van der Waals surface area (Å²) in [5.74, 6) is -0.436. The van der Waals surface area contributed by atoms with E-state index in [-0.39, 0.29) is 37.8 Å². The summed E-state index contributed by atoms with van der Waals surface area (Å²) < 4.78 is 23.9. The van der Waals surface area contributed by atoms with Crippen LogP contribution in [0.5, 0.6) is 5.75 Å². The number of ether oxygens (including phenoxy) is 2. The second kappa shape index (κ2) is 11.6. The van der Waals surface area contributed by atoms with Crippen molar-refractivity contribution in [2.24, 2.45) is 5.16 Å². The number of halogens is 1. The van der Waals surface area contributed by atoms with Gasteiger partial charge in [-0.25, -0.2) is 14.4 Å². The van der Waals surface area contributed by atoms with Crippen LogP contribution in [0.25, 0.3) is 0 Å². The van der Waals surface area contributed by atoms with Gasteiger partial charge in [0.2, 0.25) is 0 Å². The van der Waals surface area contributed by atoms with Gasteiger partial charge >= 0.3 is 0 Å². The number of amides is 1. The van der Waals surface area contributed by atoms with Crippen LogP contribution in [0.4, 0.5) is 4.39 Å². The molecule has 1 aromatic heterocycles. The van der Waals surface area contributed by atoms with E-state index in [1.807, 2.05) is 0 Å². The van der Waals surface area contributed by atoms with Gasteiger partial charge in [0.1, 0.15) is 23.3 Å². The molecule has 1 aromatic carbocycles.